The minimum Gasteiger partial charge on any atom is -0.508 e. The van der Waals surface area contributed by atoms with Gasteiger partial charge in [0.25, 0.3) is 5.91 Å². The molecule has 2 aromatic rings. The van der Waals surface area contributed by atoms with E-state index in [1.165, 1.54) is 54.3 Å². The van der Waals surface area contributed by atoms with Crippen molar-refractivity contribution >= 4 is 23.2 Å². The molecule has 0 atom stereocenters. The van der Waals surface area contributed by atoms with Crippen LogP contribution in [0.5, 0.6) is 11.5 Å². The number of nitrogens with two attached hydrogens (primary N) is 1. The van der Waals surface area contributed by atoms with Crippen molar-refractivity contribution in [1.82, 2.24) is 0 Å². The molecule has 0 radical (unpaired) electrons. The zero-order valence-corrected chi connectivity index (χ0v) is 11.3. The number of aromatic hydroxyl groups is 2. The first kappa shape index (κ1) is 14.4. The molecule has 2 rings (SSSR count). The summed E-state index contributed by atoms with van der Waals surface area (Å²) in [5, 5.41) is 19.1. The third-order valence-electron chi connectivity index (χ3n) is 2.93. The van der Waals surface area contributed by atoms with E-state index in [0.29, 0.717) is 5.69 Å². The van der Waals surface area contributed by atoms with E-state index in [0.717, 1.165) is 0 Å². The molecule has 6 nitrogen and oxygen atoms in total. The van der Waals surface area contributed by atoms with Crippen molar-refractivity contribution < 1.29 is 19.8 Å². The van der Waals surface area contributed by atoms with Crippen LogP contribution >= 0.6 is 0 Å². The molecule has 0 aliphatic heterocycles. The molecule has 6 heteroatoms. The summed E-state index contributed by atoms with van der Waals surface area (Å²) in [6.07, 6.45) is 0. The van der Waals surface area contributed by atoms with Crippen LogP contribution in [0.1, 0.15) is 17.3 Å². The van der Waals surface area contributed by atoms with Gasteiger partial charge in [0.1, 0.15) is 17.1 Å². The quantitative estimate of drug-likeness (QED) is 0.801. The Bertz CT molecular complexity index is 695. The molecule has 0 saturated carbocycles. The predicted octanol–water partition coefficient (Wildman–Crippen LogP) is 1.88. The smallest absolute Gasteiger partial charge is 0.254 e. The highest BCUT2D eigenvalue weighted by atomic mass is 16.3. The van der Waals surface area contributed by atoms with Crippen LogP contribution in [0.15, 0.2) is 42.5 Å². The van der Waals surface area contributed by atoms with Gasteiger partial charge in [-0.2, -0.15) is 0 Å². The Kier molecular flexibility index (Phi) is 3.80. The molecule has 0 unspecified atom stereocenters. The monoisotopic (exact) mass is 286 g/mol. The average Bonchev–Trinajstić information content (AvgIpc) is 2.40. The maximum absolute atomic E-state index is 11.9. The maximum Gasteiger partial charge on any atom is 0.254 e. The number of benzene rings is 2. The lowest BCUT2D eigenvalue weighted by Crippen LogP contribution is -2.26. The number of carbonyl (C=O) groups is 2. The van der Waals surface area contributed by atoms with Crippen LogP contribution in [-0.2, 0) is 4.79 Å². The van der Waals surface area contributed by atoms with Crippen LogP contribution in [-0.4, -0.2) is 22.0 Å². The van der Waals surface area contributed by atoms with Crippen molar-refractivity contribution in [3.63, 3.8) is 0 Å². The second kappa shape index (κ2) is 5.54. The molecule has 4 N–H and O–H groups in total. The van der Waals surface area contributed by atoms with Crippen LogP contribution in [0.2, 0.25) is 0 Å². The minimum absolute atomic E-state index is 0.0493. The van der Waals surface area contributed by atoms with Gasteiger partial charge in [-0.05, 0) is 36.4 Å². The second-order valence-electron chi connectivity index (χ2n) is 4.41. The number of rotatable bonds is 3. The summed E-state index contributed by atoms with van der Waals surface area (Å²) in [6.45, 7) is 1.32. The van der Waals surface area contributed by atoms with Gasteiger partial charge in [-0.3, -0.25) is 14.5 Å². The molecule has 108 valence electrons. The lowest BCUT2D eigenvalue weighted by atomic mass is 10.1. The number of phenolic OH excluding ortho intramolecular Hbond substituents is 1. The van der Waals surface area contributed by atoms with Crippen molar-refractivity contribution in [3.05, 3.63) is 48.0 Å². The molecule has 0 fully saturated rings. The number of primary amides is 1. The highest BCUT2D eigenvalue weighted by molar-refractivity contribution is 6.08. The Balaban J connectivity index is 2.64. The standard InChI is InChI=1S/C15H14N2O4/c1-9(18)17(10-5-7-11(19)8-6-10)12-3-2-4-13(20)14(12)15(16)21/h2-8,19-20H,1H3,(H2,16,21). The summed E-state index contributed by atoms with van der Waals surface area (Å²) < 4.78 is 0. The van der Waals surface area contributed by atoms with Gasteiger partial charge >= 0.3 is 0 Å². The molecule has 0 aliphatic rings. The summed E-state index contributed by atoms with van der Waals surface area (Å²) in [4.78, 5) is 24.7. The fourth-order valence-electron chi connectivity index (χ4n) is 2.06. The third-order valence-corrected chi connectivity index (χ3v) is 2.93. The summed E-state index contributed by atoms with van der Waals surface area (Å²) in [6, 6.07) is 10.2. The molecular formula is C15H14N2O4. The Morgan fingerprint density at radius 3 is 2.19 bits per heavy atom. The summed E-state index contributed by atoms with van der Waals surface area (Å²) in [7, 11) is 0. The van der Waals surface area contributed by atoms with E-state index in [2.05, 4.69) is 0 Å². The molecular weight excluding hydrogens is 272 g/mol. The van der Waals surface area contributed by atoms with Crippen LogP contribution in [0.4, 0.5) is 11.4 Å². The number of anilines is 2. The van der Waals surface area contributed by atoms with Gasteiger partial charge in [-0.15, -0.1) is 0 Å². The van der Waals surface area contributed by atoms with Crippen molar-refractivity contribution in [2.45, 2.75) is 6.92 Å². The maximum atomic E-state index is 11.9. The lowest BCUT2D eigenvalue weighted by Gasteiger charge is -2.23. The molecule has 0 aliphatic carbocycles. The Morgan fingerprint density at radius 1 is 1.05 bits per heavy atom. The van der Waals surface area contributed by atoms with Crippen molar-refractivity contribution in [3.8, 4) is 11.5 Å². The molecule has 21 heavy (non-hydrogen) atoms. The molecule has 0 bridgehead atoms. The van der Waals surface area contributed by atoms with Crippen molar-refractivity contribution in [1.29, 1.82) is 0 Å². The number of amides is 2. The van der Waals surface area contributed by atoms with Gasteiger partial charge in [0, 0.05) is 12.6 Å². The van der Waals surface area contributed by atoms with Crippen LogP contribution in [0.3, 0.4) is 0 Å². The highest BCUT2D eigenvalue weighted by Crippen LogP contribution is 2.33. The molecule has 2 amide bonds. The summed E-state index contributed by atoms with van der Waals surface area (Å²) >= 11 is 0. The predicted molar refractivity (Wildman–Crippen MR) is 77.6 cm³/mol. The van der Waals surface area contributed by atoms with Gasteiger partial charge in [-0.1, -0.05) is 6.07 Å². The molecule has 0 heterocycles. The van der Waals surface area contributed by atoms with Crippen LogP contribution in [0, 0.1) is 0 Å². The number of nitrogens with zero attached hydrogens (tertiary/aromatic N) is 1. The van der Waals surface area contributed by atoms with E-state index < -0.39 is 5.91 Å². The van der Waals surface area contributed by atoms with Crippen molar-refractivity contribution in [2.75, 3.05) is 4.90 Å². The van der Waals surface area contributed by atoms with Crippen LogP contribution in [0.25, 0.3) is 0 Å². The fraction of sp³-hybridized carbons (Fsp3) is 0.0667. The number of carbonyl (C=O) groups excluding carboxylic acids is 2. The van der Waals surface area contributed by atoms with Gasteiger partial charge in [0.15, 0.2) is 0 Å². The summed E-state index contributed by atoms with van der Waals surface area (Å²) in [5.41, 5.74) is 5.76. The second-order valence-corrected chi connectivity index (χ2v) is 4.41. The molecule has 2 aromatic carbocycles. The average molecular weight is 286 g/mol. The van der Waals surface area contributed by atoms with Crippen LogP contribution < -0.4 is 10.6 Å². The largest absolute Gasteiger partial charge is 0.508 e. The highest BCUT2D eigenvalue weighted by Gasteiger charge is 2.22. The molecule has 0 spiro atoms. The zero-order valence-electron chi connectivity index (χ0n) is 11.3. The van der Waals surface area contributed by atoms with Gasteiger partial charge in [0.05, 0.1) is 5.69 Å². The normalized spacial score (nSPS) is 10.1. The Hall–Kier alpha value is -3.02. The number of phenols is 2. The first-order valence-corrected chi connectivity index (χ1v) is 6.13. The van der Waals surface area contributed by atoms with Crippen molar-refractivity contribution in [2.24, 2.45) is 5.73 Å². The minimum atomic E-state index is -0.840. The Morgan fingerprint density at radius 2 is 1.67 bits per heavy atom. The number of hydrogen-bond acceptors (Lipinski definition) is 4. The van der Waals surface area contributed by atoms with E-state index in [1.54, 1.807) is 0 Å². The lowest BCUT2D eigenvalue weighted by molar-refractivity contribution is -0.115. The first-order chi connectivity index (χ1) is 9.91. The van der Waals surface area contributed by atoms with Gasteiger partial charge in [-0.25, -0.2) is 0 Å². The molecule has 0 aromatic heterocycles. The topological polar surface area (TPSA) is 104 Å². The fourth-order valence-corrected chi connectivity index (χ4v) is 2.06. The van der Waals surface area contributed by atoms with E-state index in [-0.39, 0.29) is 28.7 Å². The first-order valence-electron chi connectivity index (χ1n) is 6.13. The van der Waals surface area contributed by atoms with E-state index >= 15 is 0 Å². The third kappa shape index (κ3) is 2.79. The van der Waals surface area contributed by atoms with Gasteiger partial charge < -0.3 is 15.9 Å². The van der Waals surface area contributed by atoms with E-state index in [4.69, 9.17) is 5.73 Å². The Labute approximate surface area is 121 Å². The van der Waals surface area contributed by atoms with E-state index in [9.17, 15) is 19.8 Å². The molecule has 0 saturated heterocycles. The zero-order chi connectivity index (χ0) is 15.6. The van der Waals surface area contributed by atoms with Gasteiger partial charge in [0.2, 0.25) is 5.91 Å². The number of hydrogen-bond donors (Lipinski definition) is 3. The summed E-state index contributed by atoms with van der Waals surface area (Å²) in [5.74, 6) is -1.46. The SMILES string of the molecule is CC(=O)N(c1ccc(O)cc1)c1cccc(O)c1C(N)=O. The van der Waals surface area contributed by atoms with E-state index in [1.807, 2.05) is 0 Å².